The molecule has 7 heteroatoms. The van der Waals surface area contributed by atoms with E-state index in [-0.39, 0.29) is 16.0 Å². The number of aromatic nitrogens is 2. The van der Waals surface area contributed by atoms with Crippen molar-refractivity contribution < 1.29 is 4.79 Å². The fourth-order valence-corrected chi connectivity index (χ4v) is 4.25. The van der Waals surface area contributed by atoms with Gasteiger partial charge in [0.25, 0.3) is 0 Å². The lowest BCUT2D eigenvalue weighted by Crippen LogP contribution is -2.38. The molecule has 1 aliphatic carbocycles. The van der Waals surface area contributed by atoms with E-state index in [0.717, 1.165) is 27.1 Å². The summed E-state index contributed by atoms with van der Waals surface area (Å²) in [6.07, 6.45) is 2.08. The average Bonchev–Trinajstić information content (AvgIpc) is 2.42. The number of hydrogen-bond acceptors (Lipinski definition) is 6. The number of carbonyl (C=O) groups excluding carboxylic acids is 1. The van der Waals surface area contributed by atoms with Crippen LogP contribution in [0, 0.1) is 5.41 Å². The van der Waals surface area contributed by atoms with Crippen LogP contribution in [-0.4, -0.2) is 34.7 Å². The summed E-state index contributed by atoms with van der Waals surface area (Å²) in [5.41, 5.74) is 1.70. The molecule has 21 heavy (non-hydrogen) atoms. The molecule has 1 N–H and O–H groups in total. The van der Waals surface area contributed by atoms with Gasteiger partial charge in [-0.05, 0) is 5.41 Å². The Morgan fingerprint density at radius 3 is 2.81 bits per heavy atom. The molecule has 2 heterocycles. The first-order chi connectivity index (χ1) is 9.81. The van der Waals surface area contributed by atoms with Gasteiger partial charge in [-0.3, -0.25) is 4.79 Å². The molecule has 0 saturated heterocycles. The fourth-order valence-electron chi connectivity index (χ4n) is 2.59. The number of anilines is 2. The Morgan fingerprint density at radius 2 is 2.14 bits per heavy atom. The number of hydrogen-bond donors (Lipinski definition) is 1. The molecular formula is C14H17BrN4OS. The van der Waals surface area contributed by atoms with E-state index in [1.807, 2.05) is 19.0 Å². The number of fused-ring (bicyclic) bond motifs is 1. The number of ketones is 1. The van der Waals surface area contributed by atoms with Crippen LogP contribution < -0.4 is 10.2 Å². The molecule has 112 valence electrons. The zero-order valence-corrected chi connectivity index (χ0v) is 14.8. The lowest BCUT2D eigenvalue weighted by atomic mass is 9.78. The second kappa shape index (κ2) is 4.98. The molecule has 1 unspecified atom stereocenters. The number of nitrogens with zero attached hydrogens (tertiary/aromatic N) is 3. The Balaban J connectivity index is 2.09. The highest BCUT2D eigenvalue weighted by Crippen LogP contribution is 2.51. The van der Waals surface area contributed by atoms with Crippen molar-refractivity contribution >= 4 is 45.0 Å². The second-order valence-electron chi connectivity index (χ2n) is 6.19. The number of nitrogens with one attached hydrogen (secondary N) is 1. The minimum Gasteiger partial charge on any atom is -0.361 e. The zero-order valence-electron chi connectivity index (χ0n) is 12.4. The van der Waals surface area contributed by atoms with Gasteiger partial charge in [-0.2, -0.15) is 0 Å². The number of allylic oxidation sites excluding steroid dienone is 2. The molecule has 0 radical (unpaired) electrons. The van der Waals surface area contributed by atoms with Crippen molar-refractivity contribution in [3.8, 4) is 0 Å². The fraction of sp³-hybridized carbons (Fsp3) is 0.500. The van der Waals surface area contributed by atoms with E-state index < -0.39 is 0 Å². The molecule has 0 amide bonds. The highest BCUT2D eigenvalue weighted by atomic mass is 79.9. The Hall–Kier alpha value is -1.08. The molecule has 5 nitrogen and oxygen atoms in total. The van der Waals surface area contributed by atoms with Crippen LogP contribution >= 0.6 is 27.7 Å². The van der Waals surface area contributed by atoms with Gasteiger partial charge in [0.2, 0.25) is 0 Å². The topological polar surface area (TPSA) is 58.1 Å². The molecule has 0 spiro atoms. The Kier molecular flexibility index (Phi) is 3.52. The van der Waals surface area contributed by atoms with Crippen molar-refractivity contribution in [3.63, 3.8) is 0 Å². The van der Waals surface area contributed by atoms with Gasteiger partial charge in [0, 0.05) is 26.2 Å². The van der Waals surface area contributed by atoms with Crippen molar-refractivity contribution in [1.29, 1.82) is 0 Å². The number of halogens is 1. The van der Waals surface area contributed by atoms with Gasteiger partial charge in [0.1, 0.15) is 17.0 Å². The summed E-state index contributed by atoms with van der Waals surface area (Å²) in [4.78, 5) is 23.9. The first-order valence-corrected chi connectivity index (χ1v) is 8.43. The van der Waals surface area contributed by atoms with Crippen LogP contribution in [0.4, 0.5) is 11.5 Å². The van der Waals surface area contributed by atoms with E-state index >= 15 is 0 Å². The monoisotopic (exact) mass is 368 g/mol. The lowest BCUT2D eigenvalue weighted by molar-refractivity contribution is -0.117. The summed E-state index contributed by atoms with van der Waals surface area (Å²) in [5.74, 6) is 1.01. The molecule has 2 aliphatic rings. The van der Waals surface area contributed by atoms with Gasteiger partial charge in [-0.25, -0.2) is 9.97 Å². The van der Waals surface area contributed by atoms with Gasteiger partial charge < -0.3 is 10.2 Å². The van der Waals surface area contributed by atoms with Crippen LogP contribution in [0.1, 0.15) is 20.3 Å². The highest BCUT2D eigenvalue weighted by molar-refractivity contribution is 9.09. The molecule has 0 saturated carbocycles. The van der Waals surface area contributed by atoms with Crippen molar-refractivity contribution in [2.24, 2.45) is 5.41 Å². The third-order valence-electron chi connectivity index (χ3n) is 3.73. The molecule has 0 aromatic carbocycles. The molecule has 0 fully saturated rings. The normalized spacial score (nSPS) is 23.3. The first-order valence-electron chi connectivity index (χ1n) is 6.70. The van der Waals surface area contributed by atoms with Crippen LogP contribution in [0.25, 0.3) is 0 Å². The van der Waals surface area contributed by atoms with Crippen LogP contribution in [0.15, 0.2) is 22.0 Å². The molecule has 3 rings (SSSR count). The van der Waals surface area contributed by atoms with E-state index in [1.165, 1.54) is 18.1 Å². The van der Waals surface area contributed by atoms with Gasteiger partial charge >= 0.3 is 0 Å². The number of thioether (sulfide) groups is 1. The van der Waals surface area contributed by atoms with E-state index in [9.17, 15) is 4.79 Å². The molecule has 1 aromatic heterocycles. The maximum atomic E-state index is 12.4. The predicted octanol–water partition coefficient (Wildman–Crippen LogP) is 3.03. The molecule has 0 bridgehead atoms. The highest BCUT2D eigenvalue weighted by Gasteiger charge is 2.43. The lowest BCUT2D eigenvalue weighted by Gasteiger charge is -2.39. The van der Waals surface area contributed by atoms with Gasteiger partial charge in [0.05, 0.1) is 9.73 Å². The standard InChI is InChI=1S/C14H17BrN4OS/c1-14(2)5-7(20)10-8(11(14)15)18-9-12(19(3)4)16-6-17-13(9)21-10/h6,11,18H,5H2,1-4H3. The number of Topliss-reactive ketones (excluding diaryl/α,β-unsaturated/α-hetero) is 1. The van der Waals surface area contributed by atoms with Crippen LogP contribution in [-0.2, 0) is 4.79 Å². The van der Waals surface area contributed by atoms with Gasteiger partial charge in [-0.15, -0.1) is 0 Å². The molecule has 1 atom stereocenters. The van der Waals surface area contributed by atoms with Crippen LogP contribution in [0.2, 0.25) is 0 Å². The summed E-state index contributed by atoms with van der Waals surface area (Å²) >= 11 is 5.20. The summed E-state index contributed by atoms with van der Waals surface area (Å²) in [6, 6.07) is 0. The SMILES string of the molecule is CN(C)c1ncnc2c1NC1=C(S2)C(=O)CC(C)(C)C1Br. The van der Waals surface area contributed by atoms with Crippen molar-refractivity contribution in [2.75, 3.05) is 24.3 Å². The van der Waals surface area contributed by atoms with Gasteiger partial charge in [0.15, 0.2) is 11.6 Å². The Morgan fingerprint density at radius 1 is 1.43 bits per heavy atom. The molecular weight excluding hydrogens is 352 g/mol. The quantitative estimate of drug-likeness (QED) is 0.607. The molecule has 1 aromatic rings. The Labute approximate surface area is 136 Å². The van der Waals surface area contributed by atoms with E-state index in [1.54, 1.807) is 0 Å². The number of carbonyl (C=O) groups is 1. The van der Waals surface area contributed by atoms with Crippen molar-refractivity contribution in [2.45, 2.75) is 30.1 Å². The smallest absolute Gasteiger partial charge is 0.171 e. The maximum Gasteiger partial charge on any atom is 0.171 e. The zero-order chi connectivity index (χ0) is 15.4. The average molecular weight is 369 g/mol. The number of alkyl halides is 1. The summed E-state index contributed by atoms with van der Waals surface area (Å²) in [5, 5.41) is 4.21. The minimum atomic E-state index is -0.116. The first kappa shape index (κ1) is 14.8. The van der Waals surface area contributed by atoms with E-state index in [4.69, 9.17) is 0 Å². The third-order valence-corrected chi connectivity index (χ3v) is 6.58. The number of rotatable bonds is 1. The third kappa shape index (κ3) is 2.36. The van der Waals surface area contributed by atoms with Crippen LogP contribution in [0.3, 0.4) is 0 Å². The van der Waals surface area contributed by atoms with Crippen LogP contribution in [0.5, 0.6) is 0 Å². The second-order valence-corrected chi connectivity index (χ2v) is 8.11. The summed E-state index contributed by atoms with van der Waals surface area (Å²) in [7, 11) is 3.89. The summed E-state index contributed by atoms with van der Waals surface area (Å²) < 4.78 is 0. The maximum absolute atomic E-state index is 12.4. The minimum absolute atomic E-state index is 0.105. The van der Waals surface area contributed by atoms with Gasteiger partial charge in [-0.1, -0.05) is 41.5 Å². The van der Waals surface area contributed by atoms with E-state index in [2.05, 4.69) is 45.1 Å². The predicted molar refractivity (Wildman–Crippen MR) is 89.0 cm³/mol. The summed E-state index contributed by atoms with van der Waals surface area (Å²) in [6.45, 7) is 4.20. The molecule has 1 aliphatic heterocycles. The van der Waals surface area contributed by atoms with Crippen molar-refractivity contribution in [3.05, 3.63) is 16.9 Å². The van der Waals surface area contributed by atoms with Crippen molar-refractivity contribution in [1.82, 2.24) is 9.97 Å². The van der Waals surface area contributed by atoms with E-state index in [0.29, 0.717) is 6.42 Å². The Bertz CT molecular complexity index is 656. The largest absolute Gasteiger partial charge is 0.361 e.